The Morgan fingerprint density at radius 2 is 2.38 bits per heavy atom. The maximum absolute atomic E-state index is 10.5. The van der Waals surface area contributed by atoms with E-state index in [0.29, 0.717) is 5.56 Å². The third-order valence-electron chi connectivity index (χ3n) is 1.30. The normalized spacial score (nSPS) is 10.5. The van der Waals surface area contributed by atoms with Gasteiger partial charge in [-0.05, 0) is 18.6 Å². The molecule has 13 heavy (non-hydrogen) atoms. The molecule has 0 fully saturated rings. The lowest BCUT2D eigenvalue weighted by Crippen LogP contribution is -1.81. The van der Waals surface area contributed by atoms with Crippen molar-refractivity contribution in [2.75, 3.05) is 0 Å². The van der Waals surface area contributed by atoms with Gasteiger partial charge >= 0.3 is 5.00 Å². The molecule has 0 radical (unpaired) electrons. The fraction of sp³-hybridized carbons (Fsp3) is 0.125. The van der Waals surface area contributed by atoms with Gasteiger partial charge in [-0.3, -0.25) is 14.9 Å². The summed E-state index contributed by atoms with van der Waals surface area (Å²) in [4.78, 5) is 20.4. The number of hydrogen-bond acceptors (Lipinski definition) is 4. The maximum Gasteiger partial charge on any atom is 0.324 e. The van der Waals surface area contributed by atoms with Crippen LogP contribution in [0.5, 0.6) is 0 Å². The van der Waals surface area contributed by atoms with Crippen LogP contribution in [-0.2, 0) is 4.79 Å². The van der Waals surface area contributed by atoms with Crippen LogP contribution in [-0.4, -0.2) is 10.7 Å². The van der Waals surface area contributed by atoms with E-state index in [0.717, 1.165) is 11.3 Å². The Morgan fingerprint density at radius 3 is 2.85 bits per heavy atom. The van der Waals surface area contributed by atoms with E-state index in [4.69, 9.17) is 0 Å². The highest BCUT2D eigenvalue weighted by atomic mass is 32.1. The van der Waals surface area contributed by atoms with Gasteiger partial charge in [0, 0.05) is 11.4 Å². The molecule has 0 saturated carbocycles. The Labute approximate surface area is 78.7 Å². The molecular weight excluding hydrogens is 190 g/mol. The lowest BCUT2D eigenvalue weighted by molar-refractivity contribution is -0.380. The van der Waals surface area contributed by atoms with Crippen molar-refractivity contribution in [3.63, 3.8) is 0 Å². The van der Waals surface area contributed by atoms with Crippen LogP contribution in [0, 0.1) is 10.1 Å². The smallest absolute Gasteiger partial charge is 0.295 e. The van der Waals surface area contributed by atoms with Crippen molar-refractivity contribution in [1.29, 1.82) is 0 Å². The summed E-state index contributed by atoms with van der Waals surface area (Å²) in [6, 6.07) is 1.43. The van der Waals surface area contributed by atoms with Crippen molar-refractivity contribution >= 4 is 28.2 Å². The van der Waals surface area contributed by atoms with E-state index in [1.165, 1.54) is 19.1 Å². The van der Waals surface area contributed by atoms with Crippen molar-refractivity contribution < 1.29 is 9.72 Å². The summed E-state index contributed by atoms with van der Waals surface area (Å²) in [5.41, 5.74) is 0.687. The second-order valence-electron chi connectivity index (χ2n) is 2.42. The molecule has 1 rings (SSSR count). The third kappa shape index (κ3) is 2.79. The fourth-order valence-corrected chi connectivity index (χ4v) is 1.43. The number of carbonyl (C=O) groups excluding carboxylic acids is 1. The zero-order chi connectivity index (χ0) is 9.84. The SMILES string of the molecule is CC(=O)C=Cc1csc([N+](=O)[O-])c1. The largest absolute Gasteiger partial charge is 0.324 e. The molecular formula is C8H7NO3S. The van der Waals surface area contributed by atoms with Crippen LogP contribution in [0.2, 0.25) is 0 Å². The van der Waals surface area contributed by atoms with Crippen LogP contribution in [0.4, 0.5) is 5.00 Å². The quantitative estimate of drug-likeness (QED) is 0.424. The number of nitrogens with zero attached hydrogens (tertiary/aromatic N) is 1. The van der Waals surface area contributed by atoms with Gasteiger partial charge in [-0.2, -0.15) is 0 Å². The lowest BCUT2D eigenvalue weighted by atomic mass is 10.3. The minimum absolute atomic E-state index is 0.0751. The number of nitro groups is 1. The van der Waals surface area contributed by atoms with Crippen molar-refractivity contribution in [2.45, 2.75) is 6.92 Å². The van der Waals surface area contributed by atoms with Crippen molar-refractivity contribution in [1.82, 2.24) is 0 Å². The molecule has 0 saturated heterocycles. The fourth-order valence-electron chi connectivity index (χ4n) is 0.736. The van der Waals surface area contributed by atoms with Gasteiger partial charge in [-0.15, -0.1) is 0 Å². The van der Waals surface area contributed by atoms with Gasteiger partial charge in [0.2, 0.25) is 0 Å². The number of rotatable bonds is 3. The monoisotopic (exact) mass is 197 g/mol. The van der Waals surface area contributed by atoms with Gasteiger partial charge in [0.25, 0.3) is 0 Å². The lowest BCUT2D eigenvalue weighted by Gasteiger charge is -1.80. The van der Waals surface area contributed by atoms with Crippen LogP contribution < -0.4 is 0 Å². The van der Waals surface area contributed by atoms with Crippen LogP contribution in [0.15, 0.2) is 17.5 Å². The van der Waals surface area contributed by atoms with Crippen LogP contribution in [0.1, 0.15) is 12.5 Å². The van der Waals surface area contributed by atoms with E-state index in [1.807, 2.05) is 0 Å². The standard InChI is InChI=1S/C8H7NO3S/c1-6(10)2-3-7-4-8(9(11)12)13-5-7/h2-5H,1H3. The molecule has 0 spiro atoms. The van der Waals surface area contributed by atoms with Gasteiger partial charge in [-0.1, -0.05) is 17.4 Å². The van der Waals surface area contributed by atoms with E-state index in [1.54, 1.807) is 11.5 Å². The molecule has 0 bridgehead atoms. The molecule has 1 aromatic rings. The maximum atomic E-state index is 10.5. The highest BCUT2D eigenvalue weighted by Gasteiger charge is 2.07. The first-order valence-electron chi connectivity index (χ1n) is 3.51. The van der Waals surface area contributed by atoms with Crippen LogP contribution in [0.25, 0.3) is 6.08 Å². The molecule has 1 heterocycles. The molecule has 1 aromatic heterocycles. The summed E-state index contributed by atoms with van der Waals surface area (Å²) in [5.74, 6) is -0.0751. The van der Waals surface area contributed by atoms with E-state index in [-0.39, 0.29) is 10.8 Å². The third-order valence-corrected chi connectivity index (χ3v) is 2.19. The molecule has 0 aromatic carbocycles. The average molecular weight is 197 g/mol. The van der Waals surface area contributed by atoms with Crippen LogP contribution >= 0.6 is 11.3 Å². The Hall–Kier alpha value is -1.49. The summed E-state index contributed by atoms with van der Waals surface area (Å²) >= 11 is 1.05. The van der Waals surface area contributed by atoms with E-state index in [2.05, 4.69) is 0 Å². The van der Waals surface area contributed by atoms with Crippen molar-refractivity contribution in [3.05, 3.63) is 33.2 Å². The summed E-state index contributed by atoms with van der Waals surface area (Å²) in [6.07, 6.45) is 2.94. The number of allylic oxidation sites excluding steroid dienone is 1. The zero-order valence-electron chi connectivity index (χ0n) is 6.89. The zero-order valence-corrected chi connectivity index (χ0v) is 7.71. The summed E-state index contributed by atoms with van der Waals surface area (Å²) in [6.45, 7) is 1.43. The predicted molar refractivity (Wildman–Crippen MR) is 50.7 cm³/mol. The Balaban J connectivity index is 2.80. The highest BCUT2D eigenvalue weighted by molar-refractivity contribution is 7.13. The highest BCUT2D eigenvalue weighted by Crippen LogP contribution is 2.23. The van der Waals surface area contributed by atoms with Crippen LogP contribution in [0.3, 0.4) is 0 Å². The topological polar surface area (TPSA) is 60.2 Å². The molecule has 0 N–H and O–H groups in total. The molecule has 0 aliphatic heterocycles. The van der Waals surface area contributed by atoms with Gasteiger partial charge in [0.1, 0.15) is 0 Å². The first-order valence-corrected chi connectivity index (χ1v) is 4.39. The Bertz CT molecular complexity index is 367. The number of carbonyl (C=O) groups is 1. The van der Waals surface area contributed by atoms with Gasteiger partial charge in [0.15, 0.2) is 5.78 Å². The van der Waals surface area contributed by atoms with E-state index < -0.39 is 4.92 Å². The molecule has 68 valence electrons. The average Bonchev–Trinajstić information content (AvgIpc) is 2.48. The van der Waals surface area contributed by atoms with Gasteiger partial charge in [0.05, 0.1) is 4.92 Å². The summed E-state index contributed by atoms with van der Waals surface area (Å²) < 4.78 is 0. The first kappa shape index (κ1) is 9.60. The van der Waals surface area contributed by atoms with Gasteiger partial charge < -0.3 is 0 Å². The number of thiophene rings is 1. The molecule has 0 aliphatic rings. The second-order valence-corrected chi connectivity index (χ2v) is 3.31. The minimum atomic E-state index is -0.449. The predicted octanol–water partition coefficient (Wildman–Crippen LogP) is 2.26. The van der Waals surface area contributed by atoms with Crippen molar-refractivity contribution in [3.8, 4) is 0 Å². The molecule has 4 nitrogen and oxygen atoms in total. The second kappa shape index (κ2) is 3.95. The van der Waals surface area contributed by atoms with Crippen molar-refractivity contribution in [2.24, 2.45) is 0 Å². The number of hydrogen-bond donors (Lipinski definition) is 0. The minimum Gasteiger partial charge on any atom is -0.295 e. The van der Waals surface area contributed by atoms with E-state index >= 15 is 0 Å². The van der Waals surface area contributed by atoms with E-state index in [9.17, 15) is 14.9 Å². The van der Waals surface area contributed by atoms with Gasteiger partial charge in [-0.25, -0.2) is 0 Å². The Kier molecular flexibility index (Phi) is 2.92. The summed E-state index contributed by atoms with van der Waals surface area (Å²) in [5, 5.41) is 12.0. The molecule has 0 aliphatic carbocycles. The number of ketones is 1. The molecule has 0 unspecified atom stereocenters. The first-order chi connectivity index (χ1) is 6.09. The molecule has 5 heteroatoms. The Morgan fingerprint density at radius 1 is 1.69 bits per heavy atom. The molecule has 0 atom stereocenters. The summed E-state index contributed by atoms with van der Waals surface area (Å²) in [7, 11) is 0. The molecule has 0 amide bonds.